The van der Waals surface area contributed by atoms with Crippen molar-refractivity contribution in [2.24, 2.45) is 4.99 Å². The number of benzene rings is 2. The summed E-state index contributed by atoms with van der Waals surface area (Å²) < 4.78 is 0. The predicted molar refractivity (Wildman–Crippen MR) is 137 cm³/mol. The summed E-state index contributed by atoms with van der Waals surface area (Å²) in [7, 11) is 5.14. The topological polar surface area (TPSA) is 85.8 Å². The van der Waals surface area contributed by atoms with E-state index in [1.54, 1.807) is 26.0 Å². The largest absolute Gasteiger partial charge is 0.356 e. The van der Waals surface area contributed by atoms with Crippen molar-refractivity contribution in [2.45, 2.75) is 19.8 Å². The summed E-state index contributed by atoms with van der Waals surface area (Å²) in [6, 6.07) is 15.4. The molecule has 0 aliphatic carbocycles. The van der Waals surface area contributed by atoms with Crippen molar-refractivity contribution < 1.29 is 9.59 Å². The van der Waals surface area contributed by atoms with Crippen LogP contribution in [0.1, 0.15) is 28.4 Å². The van der Waals surface area contributed by atoms with Crippen molar-refractivity contribution in [3.05, 3.63) is 65.2 Å². The van der Waals surface area contributed by atoms with E-state index >= 15 is 0 Å². The number of amides is 2. The summed E-state index contributed by atoms with van der Waals surface area (Å²) in [5, 5.41) is 9.09. The molecule has 7 nitrogen and oxygen atoms in total. The number of hydrogen-bond acceptors (Lipinski definition) is 3. The first kappa shape index (κ1) is 26.4. The van der Waals surface area contributed by atoms with Gasteiger partial charge in [-0.15, -0.1) is 24.0 Å². The van der Waals surface area contributed by atoms with E-state index < -0.39 is 0 Å². The Morgan fingerprint density at radius 3 is 2.39 bits per heavy atom. The number of carbonyl (C=O) groups is 2. The van der Waals surface area contributed by atoms with Crippen LogP contribution in [0.3, 0.4) is 0 Å². The summed E-state index contributed by atoms with van der Waals surface area (Å²) in [6.45, 7) is 2.82. The molecule has 3 N–H and O–H groups in total. The van der Waals surface area contributed by atoms with E-state index in [4.69, 9.17) is 0 Å². The van der Waals surface area contributed by atoms with E-state index in [1.807, 2.05) is 48.5 Å². The van der Waals surface area contributed by atoms with Gasteiger partial charge in [0.15, 0.2) is 5.96 Å². The summed E-state index contributed by atoms with van der Waals surface area (Å²) >= 11 is 0. The van der Waals surface area contributed by atoms with E-state index in [-0.39, 0.29) is 42.3 Å². The Balaban J connectivity index is 0.00000480. The Morgan fingerprint density at radius 2 is 1.71 bits per heavy atom. The zero-order valence-corrected chi connectivity index (χ0v) is 20.9. The third kappa shape index (κ3) is 8.95. The van der Waals surface area contributed by atoms with E-state index in [0.717, 1.165) is 24.1 Å². The minimum absolute atomic E-state index is 0. The fourth-order valence-corrected chi connectivity index (χ4v) is 2.90. The first-order valence-corrected chi connectivity index (χ1v) is 10.1. The second-order valence-electron chi connectivity index (χ2n) is 7.10. The average Bonchev–Trinajstić information content (AvgIpc) is 2.75. The highest BCUT2D eigenvalue weighted by Gasteiger charge is 2.08. The molecule has 2 aromatic carbocycles. The molecule has 168 valence electrons. The third-order valence-corrected chi connectivity index (χ3v) is 4.55. The normalized spacial score (nSPS) is 10.6. The van der Waals surface area contributed by atoms with Crippen molar-refractivity contribution in [1.82, 2.24) is 15.5 Å². The molecule has 0 atom stereocenters. The lowest BCUT2D eigenvalue weighted by Gasteiger charge is -2.13. The van der Waals surface area contributed by atoms with Gasteiger partial charge in [0, 0.05) is 38.9 Å². The number of aliphatic imine (C=N–C) groups is 1. The van der Waals surface area contributed by atoms with Crippen LogP contribution >= 0.6 is 24.0 Å². The molecule has 0 saturated heterocycles. The van der Waals surface area contributed by atoms with Crippen molar-refractivity contribution >= 4 is 47.4 Å². The highest BCUT2D eigenvalue weighted by Crippen LogP contribution is 2.11. The van der Waals surface area contributed by atoms with E-state index in [1.165, 1.54) is 5.56 Å². The van der Waals surface area contributed by atoms with Crippen LogP contribution in [-0.2, 0) is 17.6 Å². The Labute approximate surface area is 201 Å². The SMILES string of the molecule is CCc1cccc(NC(=O)CNC(=NC)NCCc2cccc(C(=O)N(C)C)c2)c1.I. The number of aryl methyl sites for hydroxylation is 1. The van der Waals surface area contributed by atoms with Crippen molar-refractivity contribution in [3.63, 3.8) is 0 Å². The molecule has 0 unspecified atom stereocenters. The molecule has 0 aliphatic heterocycles. The molecule has 2 rings (SSSR count). The first-order valence-electron chi connectivity index (χ1n) is 10.1. The van der Waals surface area contributed by atoms with E-state index in [2.05, 4.69) is 27.9 Å². The molecule has 0 saturated carbocycles. The van der Waals surface area contributed by atoms with Gasteiger partial charge in [-0.25, -0.2) is 0 Å². The molecule has 0 bridgehead atoms. The number of rotatable bonds is 8. The maximum absolute atomic E-state index is 12.2. The Hall–Kier alpha value is -2.62. The predicted octanol–water partition coefficient (Wildman–Crippen LogP) is 2.92. The number of carbonyl (C=O) groups excluding carboxylic acids is 2. The number of guanidine groups is 1. The zero-order chi connectivity index (χ0) is 21.9. The molecule has 0 radical (unpaired) electrons. The Kier molecular flexibility index (Phi) is 11.6. The number of anilines is 1. The van der Waals surface area contributed by atoms with Crippen LogP contribution in [-0.4, -0.2) is 56.9 Å². The fourth-order valence-electron chi connectivity index (χ4n) is 2.90. The molecule has 0 aliphatic rings. The maximum Gasteiger partial charge on any atom is 0.253 e. The highest BCUT2D eigenvalue weighted by molar-refractivity contribution is 14.0. The second kappa shape index (κ2) is 13.6. The molecule has 2 aromatic rings. The summed E-state index contributed by atoms with van der Waals surface area (Å²) in [5.74, 6) is 0.395. The third-order valence-electron chi connectivity index (χ3n) is 4.55. The summed E-state index contributed by atoms with van der Waals surface area (Å²) in [5.41, 5.74) is 3.69. The first-order chi connectivity index (χ1) is 14.4. The van der Waals surface area contributed by atoms with Crippen molar-refractivity contribution in [2.75, 3.05) is 39.5 Å². The monoisotopic (exact) mass is 537 g/mol. The van der Waals surface area contributed by atoms with Crippen LogP contribution < -0.4 is 16.0 Å². The smallest absolute Gasteiger partial charge is 0.253 e. The number of nitrogens with zero attached hydrogens (tertiary/aromatic N) is 2. The van der Waals surface area contributed by atoms with Gasteiger partial charge in [-0.05, 0) is 48.2 Å². The molecular formula is C23H32IN5O2. The number of hydrogen-bond donors (Lipinski definition) is 3. The van der Waals surface area contributed by atoms with Gasteiger partial charge in [0.2, 0.25) is 5.91 Å². The Morgan fingerprint density at radius 1 is 1.00 bits per heavy atom. The molecule has 0 heterocycles. The molecule has 0 aromatic heterocycles. The minimum Gasteiger partial charge on any atom is -0.356 e. The van der Waals surface area contributed by atoms with Gasteiger partial charge < -0.3 is 20.9 Å². The highest BCUT2D eigenvalue weighted by atomic mass is 127. The van der Waals surface area contributed by atoms with Gasteiger partial charge >= 0.3 is 0 Å². The van der Waals surface area contributed by atoms with Crippen LogP contribution in [0, 0.1) is 0 Å². The lowest BCUT2D eigenvalue weighted by molar-refractivity contribution is -0.115. The lowest BCUT2D eigenvalue weighted by Crippen LogP contribution is -2.42. The molecule has 31 heavy (non-hydrogen) atoms. The molecule has 0 fully saturated rings. The average molecular weight is 537 g/mol. The molecule has 0 spiro atoms. The molecular weight excluding hydrogens is 505 g/mol. The fraction of sp³-hybridized carbons (Fsp3) is 0.348. The molecule has 8 heteroatoms. The van der Waals surface area contributed by atoms with Crippen LogP contribution in [0.15, 0.2) is 53.5 Å². The standard InChI is InChI=1S/C23H31N5O2.HI/c1-5-17-8-7-11-20(15-17)27-21(29)16-26-23(24-2)25-13-12-18-9-6-10-19(14-18)22(30)28(3)4;/h6-11,14-15H,5,12-13,16H2,1-4H3,(H,27,29)(H2,24,25,26);1H. The number of nitrogens with one attached hydrogen (secondary N) is 3. The van der Waals surface area contributed by atoms with Gasteiger partial charge in [-0.1, -0.05) is 31.2 Å². The van der Waals surface area contributed by atoms with Gasteiger partial charge in [0.25, 0.3) is 5.91 Å². The van der Waals surface area contributed by atoms with Gasteiger partial charge in [-0.3, -0.25) is 14.6 Å². The van der Waals surface area contributed by atoms with Crippen LogP contribution in [0.25, 0.3) is 0 Å². The van der Waals surface area contributed by atoms with Crippen molar-refractivity contribution in [1.29, 1.82) is 0 Å². The summed E-state index contributed by atoms with van der Waals surface area (Å²) in [6.07, 6.45) is 1.65. The van der Waals surface area contributed by atoms with Gasteiger partial charge in [0.1, 0.15) is 0 Å². The van der Waals surface area contributed by atoms with Gasteiger partial charge in [0.05, 0.1) is 6.54 Å². The van der Waals surface area contributed by atoms with E-state index in [0.29, 0.717) is 18.1 Å². The number of halogens is 1. The van der Waals surface area contributed by atoms with Gasteiger partial charge in [-0.2, -0.15) is 0 Å². The minimum atomic E-state index is -0.138. The van der Waals surface area contributed by atoms with Crippen LogP contribution in [0.5, 0.6) is 0 Å². The quantitative estimate of drug-likeness (QED) is 0.275. The summed E-state index contributed by atoms with van der Waals surface area (Å²) in [4.78, 5) is 30.0. The van der Waals surface area contributed by atoms with Crippen molar-refractivity contribution in [3.8, 4) is 0 Å². The zero-order valence-electron chi connectivity index (χ0n) is 18.6. The van der Waals surface area contributed by atoms with Crippen LogP contribution in [0.2, 0.25) is 0 Å². The second-order valence-corrected chi connectivity index (χ2v) is 7.10. The van der Waals surface area contributed by atoms with Crippen LogP contribution in [0.4, 0.5) is 5.69 Å². The lowest BCUT2D eigenvalue weighted by atomic mass is 10.1. The Bertz CT molecular complexity index is 899. The molecule has 2 amide bonds. The van der Waals surface area contributed by atoms with E-state index in [9.17, 15) is 9.59 Å². The maximum atomic E-state index is 12.2.